The zero-order valence-corrected chi connectivity index (χ0v) is 15.6. The van der Waals surface area contributed by atoms with Crippen molar-refractivity contribution in [1.29, 1.82) is 0 Å². The minimum absolute atomic E-state index is 0.0760. The molecule has 0 bridgehead atoms. The zero-order chi connectivity index (χ0) is 18.6. The average molecular weight is 360 g/mol. The lowest BCUT2D eigenvalue weighted by atomic mass is 9.81. The van der Waals surface area contributed by atoms with Gasteiger partial charge in [-0.1, -0.05) is 68.8 Å². The molecule has 1 N–H and O–H groups in total. The van der Waals surface area contributed by atoms with E-state index in [1.54, 1.807) is 24.3 Å². The van der Waals surface area contributed by atoms with Crippen molar-refractivity contribution in [3.05, 3.63) is 70.2 Å². The highest BCUT2D eigenvalue weighted by atomic mass is 35.5. The Kier molecular flexibility index (Phi) is 6.26. The number of benzene rings is 2. The number of halogens is 1. The van der Waals surface area contributed by atoms with E-state index in [9.17, 15) is 15.0 Å². The maximum absolute atomic E-state index is 11.6. The van der Waals surface area contributed by atoms with E-state index in [1.807, 2.05) is 24.3 Å². The fraction of sp³-hybridized carbons (Fsp3) is 0.381. The molecule has 2 rings (SSSR count). The molecule has 134 valence electrons. The standard InChI is InChI=1S/C21H25ClO3/c1-4-21(2,3)16-10-8-14(9-11-16)12-18(20(24)25)19(23)15-6-5-7-17(22)13-15/h5-11,13,18-19,23H,4,12H2,1-3H3,(H,24,25)/p-1. The Morgan fingerprint density at radius 2 is 1.84 bits per heavy atom. The van der Waals surface area contributed by atoms with Crippen LogP contribution in [0.4, 0.5) is 0 Å². The van der Waals surface area contributed by atoms with E-state index in [0.29, 0.717) is 10.6 Å². The van der Waals surface area contributed by atoms with Gasteiger partial charge in [0, 0.05) is 16.9 Å². The second-order valence-electron chi connectivity index (χ2n) is 7.06. The van der Waals surface area contributed by atoms with Crippen LogP contribution in [0.3, 0.4) is 0 Å². The number of carboxylic acids is 1. The maximum Gasteiger partial charge on any atom is 0.0874 e. The van der Waals surface area contributed by atoms with Gasteiger partial charge in [0.15, 0.2) is 0 Å². The van der Waals surface area contributed by atoms with Crippen molar-refractivity contribution in [1.82, 2.24) is 0 Å². The van der Waals surface area contributed by atoms with E-state index in [4.69, 9.17) is 11.6 Å². The summed E-state index contributed by atoms with van der Waals surface area (Å²) in [6, 6.07) is 14.5. The molecule has 0 fully saturated rings. The first-order valence-electron chi connectivity index (χ1n) is 8.48. The molecule has 0 spiro atoms. The number of hydrogen-bond acceptors (Lipinski definition) is 3. The van der Waals surface area contributed by atoms with Crippen LogP contribution in [-0.2, 0) is 16.6 Å². The number of hydrogen-bond donors (Lipinski definition) is 1. The molecule has 2 unspecified atom stereocenters. The molecule has 0 aliphatic carbocycles. The molecule has 0 amide bonds. The number of carboxylic acid groups (broad SMARTS) is 1. The Balaban J connectivity index is 2.20. The summed E-state index contributed by atoms with van der Waals surface area (Å²) in [5.74, 6) is -2.31. The Morgan fingerprint density at radius 3 is 2.36 bits per heavy atom. The first kappa shape index (κ1) is 19.5. The van der Waals surface area contributed by atoms with Gasteiger partial charge in [-0.15, -0.1) is 0 Å². The summed E-state index contributed by atoms with van der Waals surface area (Å²) in [5.41, 5.74) is 2.61. The highest BCUT2D eigenvalue weighted by molar-refractivity contribution is 6.30. The van der Waals surface area contributed by atoms with E-state index in [2.05, 4.69) is 20.8 Å². The van der Waals surface area contributed by atoms with E-state index < -0.39 is 18.0 Å². The van der Waals surface area contributed by atoms with Crippen LogP contribution in [0, 0.1) is 5.92 Å². The molecule has 4 heteroatoms. The summed E-state index contributed by atoms with van der Waals surface area (Å²) in [5, 5.41) is 22.5. The third-order valence-electron chi connectivity index (χ3n) is 4.95. The molecule has 2 aromatic carbocycles. The summed E-state index contributed by atoms with van der Waals surface area (Å²) < 4.78 is 0. The highest BCUT2D eigenvalue weighted by Crippen LogP contribution is 2.29. The molecule has 0 aliphatic heterocycles. The molecular formula is C21H24ClO3-. The lowest BCUT2D eigenvalue weighted by molar-refractivity contribution is -0.314. The minimum atomic E-state index is -1.27. The molecule has 0 aliphatic rings. The van der Waals surface area contributed by atoms with Crippen LogP contribution in [0.5, 0.6) is 0 Å². The monoisotopic (exact) mass is 359 g/mol. The van der Waals surface area contributed by atoms with Gasteiger partial charge in [0.25, 0.3) is 0 Å². The van der Waals surface area contributed by atoms with Gasteiger partial charge in [0.05, 0.1) is 6.10 Å². The van der Waals surface area contributed by atoms with Crippen molar-refractivity contribution in [3.63, 3.8) is 0 Å². The second kappa shape index (κ2) is 8.03. The Morgan fingerprint density at radius 1 is 1.20 bits per heavy atom. The van der Waals surface area contributed by atoms with Gasteiger partial charge >= 0.3 is 0 Å². The van der Waals surface area contributed by atoms with Crippen molar-refractivity contribution < 1.29 is 15.0 Å². The second-order valence-corrected chi connectivity index (χ2v) is 7.50. The van der Waals surface area contributed by atoms with E-state index in [-0.39, 0.29) is 11.8 Å². The summed E-state index contributed by atoms with van der Waals surface area (Å²) >= 11 is 5.93. The average Bonchev–Trinajstić information content (AvgIpc) is 2.59. The summed E-state index contributed by atoms with van der Waals surface area (Å²) in [6.07, 6.45) is 0.0418. The fourth-order valence-corrected chi connectivity index (χ4v) is 3.00. The number of carbonyl (C=O) groups excluding carboxylic acids is 1. The normalized spacial score (nSPS) is 14.1. The summed E-state index contributed by atoms with van der Waals surface area (Å²) in [4.78, 5) is 11.6. The van der Waals surface area contributed by atoms with Crippen LogP contribution < -0.4 is 5.11 Å². The van der Waals surface area contributed by atoms with Gasteiger partial charge < -0.3 is 15.0 Å². The third-order valence-corrected chi connectivity index (χ3v) is 5.18. The predicted octanol–water partition coefficient (Wildman–Crippen LogP) is 3.67. The molecule has 0 heterocycles. The maximum atomic E-state index is 11.6. The zero-order valence-electron chi connectivity index (χ0n) is 14.8. The highest BCUT2D eigenvalue weighted by Gasteiger charge is 2.23. The number of aliphatic carboxylic acids is 1. The van der Waals surface area contributed by atoms with Crippen LogP contribution in [0.2, 0.25) is 5.02 Å². The minimum Gasteiger partial charge on any atom is -0.550 e. The van der Waals surface area contributed by atoms with Crippen molar-refractivity contribution in [2.75, 3.05) is 0 Å². The lowest BCUT2D eigenvalue weighted by Gasteiger charge is -2.26. The van der Waals surface area contributed by atoms with Gasteiger partial charge in [-0.3, -0.25) is 0 Å². The molecule has 0 radical (unpaired) electrons. The summed E-state index contributed by atoms with van der Waals surface area (Å²) in [6.45, 7) is 6.49. The van der Waals surface area contributed by atoms with Crippen LogP contribution in [0.15, 0.2) is 48.5 Å². The van der Waals surface area contributed by atoms with E-state index >= 15 is 0 Å². The summed E-state index contributed by atoms with van der Waals surface area (Å²) in [7, 11) is 0. The Bertz CT molecular complexity index is 722. The van der Waals surface area contributed by atoms with Crippen molar-refractivity contribution in [2.45, 2.75) is 45.1 Å². The van der Waals surface area contributed by atoms with Crippen LogP contribution in [0.25, 0.3) is 0 Å². The predicted molar refractivity (Wildman–Crippen MR) is 98.4 cm³/mol. The quantitative estimate of drug-likeness (QED) is 0.820. The van der Waals surface area contributed by atoms with E-state index in [0.717, 1.165) is 12.0 Å². The van der Waals surface area contributed by atoms with Crippen LogP contribution in [0.1, 0.15) is 50.0 Å². The van der Waals surface area contributed by atoms with Crippen molar-refractivity contribution >= 4 is 17.6 Å². The largest absolute Gasteiger partial charge is 0.550 e. The van der Waals surface area contributed by atoms with Crippen molar-refractivity contribution in [3.8, 4) is 0 Å². The first-order valence-corrected chi connectivity index (χ1v) is 8.86. The molecule has 2 aromatic rings. The van der Waals surface area contributed by atoms with Crippen molar-refractivity contribution in [2.24, 2.45) is 5.92 Å². The number of carbonyl (C=O) groups is 1. The van der Waals surface area contributed by atoms with Gasteiger partial charge in [-0.25, -0.2) is 0 Å². The SMILES string of the molecule is CCC(C)(C)c1ccc(CC(C(=O)[O-])C(O)c2cccc(Cl)c2)cc1. The molecular weight excluding hydrogens is 336 g/mol. The fourth-order valence-electron chi connectivity index (χ4n) is 2.80. The molecule has 0 saturated heterocycles. The number of aliphatic hydroxyl groups excluding tert-OH is 1. The smallest absolute Gasteiger partial charge is 0.0874 e. The van der Waals surface area contributed by atoms with Gasteiger partial charge in [0.2, 0.25) is 0 Å². The third kappa shape index (κ3) is 4.83. The Labute approximate surface area is 154 Å². The first-order chi connectivity index (χ1) is 11.7. The molecule has 3 nitrogen and oxygen atoms in total. The molecule has 2 atom stereocenters. The lowest BCUT2D eigenvalue weighted by Crippen LogP contribution is -2.36. The molecule has 0 saturated carbocycles. The number of rotatable bonds is 7. The van der Waals surface area contributed by atoms with Gasteiger partial charge in [-0.2, -0.15) is 0 Å². The van der Waals surface area contributed by atoms with Gasteiger partial charge in [-0.05, 0) is 47.1 Å². The molecule has 25 heavy (non-hydrogen) atoms. The van der Waals surface area contributed by atoms with Gasteiger partial charge in [0.1, 0.15) is 0 Å². The van der Waals surface area contributed by atoms with E-state index in [1.165, 1.54) is 5.56 Å². The number of aliphatic hydroxyl groups is 1. The molecule has 0 aromatic heterocycles. The topological polar surface area (TPSA) is 60.4 Å². The van der Waals surface area contributed by atoms with Crippen LogP contribution in [-0.4, -0.2) is 11.1 Å². The Hall–Kier alpha value is -1.84. The van der Waals surface area contributed by atoms with Crippen LogP contribution >= 0.6 is 11.6 Å².